The van der Waals surface area contributed by atoms with Crippen LogP contribution in [0.15, 0.2) is 33.9 Å². The summed E-state index contributed by atoms with van der Waals surface area (Å²) < 4.78 is 20.8. The van der Waals surface area contributed by atoms with Gasteiger partial charge in [0.2, 0.25) is 5.95 Å². The molecule has 27 heavy (non-hydrogen) atoms. The molecule has 9 nitrogen and oxygen atoms in total. The van der Waals surface area contributed by atoms with Crippen LogP contribution in [0.25, 0.3) is 11.2 Å². The van der Waals surface area contributed by atoms with Gasteiger partial charge in [-0.1, -0.05) is 12.1 Å². The fourth-order valence-corrected chi connectivity index (χ4v) is 2.56. The van der Waals surface area contributed by atoms with E-state index in [9.17, 15) is 18.8 Å². The Morgan fingerprint density at radius 2 is 2.00 bits per heavy atom. The molecule has 0 radical (unpaired) electrons. The van der Waals surface area contributed by atoms with Gasteiger partial charge in [0.15, 0.2) is 11.2 Å². The molecule has 2 aromatic heterocycles. The van der Waals surface area contributed by atoms with Crippen molar-refractivity contribution in [3.05, 3.63) is 56.5 Å². The van der Waals surface area contributed by atoms with Crippen molar-refractivity contribution in [2.45, 2.75) is 6.42 Å². The number of H-pyrrole nitrogens is 1. The van der Waals surface area contributed by atoms with E-state index in [0.717, 1.165) is 4.57 Å². The molecule has 0 saturated carbocycles. The zero-order valence-electron chi connectivity index (χ0n) is 14.8. The number of esters is 1. The molecule has 0 aliphatic carbocycles. The van der Waals surface area contributed by atoms with Gasteiger partial charge in [0.25, 0.3) is 5.56 Å². The topological polar surface area (TPSA) is 111 Å². The third-order valence-electron chi connectivity index (χ3n) is 4.04. The number of nitrogens with zero attached hydrogens (tertiary/aromatic N) is 3. The van der Waals surface area contributed by atoms with Crippen LogP contribution in [-0.2, 0) is 18.8 Å². The molecule has 0 fully saturated rings. The van der Waals surface area contributed by atoms with Crippen molar-refractivity contribution in [2.75, 3.05) is 18.5 Å². The Morgan fingerprint density at radius 1 is 1.26 bits per heavy atom. The Bertz CT molecular complexity index is 1110. The van der Waals surface area contributed by atoms with Gasteiger partial charge in [-0.25, -0.2) is 14.0 Å². The highest BCUT2D eigenvalue weighted by Gasteiger charge is 2.14. The maximum atomic E-state index is 13.5. The number of aromatic nitrogens is 4. The van der Waals surface area contributed by atoms with E-state index in [4.69, 9.17) is 4.74 Å². The summed E-state index contributed by atoms with van der Waals surface area (Å²) in [5.74, 6) is -1.03. The Morgan fingerprint density at radius 3 is 2.74 bits per heavy atom. The predicted octanol–water partition coefficient (Wildman–Crippen LogP) is 0.758. The highest BCUT2D eigenvalue weighted by molar-refractivity contribution is 5.89. The van der Waals surface area contributed by atoms with Crippen molar-refractivity contribution >= 4 is 23.1 Å². The number of carbonyl (C=O) groups is 1. The maximum absolute atomic E-state index is 13.5. The second-order valence-corrected chi connectivity index (χ2v) is 5.89. The molecule has 142 valence electrons. The molecule has 10 heteroatoms. The Labute approximate surface area is 152 Å². The van der Waals surface area contributed by atoms with E-state index in [0.29, 0.717) is 18.9 Å². The number of fused-ring (bicyclic) bond motifs is 1. The summed E-state index contributed by atoms with van der Waals surface area (Å²) in [5.41, 5.74) is -0.581. The number of hydrogen-bond acceptors (Lipinski definition) is 6. The van der Waals surface area contributed by atoms with Gasteiger partial charge in [-0.15, -0.1) is 0 Å². The lowest BCUT2D eigenvalue weighted by Crippen LogP contribution is -2.36. The van der Waals surface area contributed by atoms with Crippen molar-refractivity contribution in [3.8, 4) is 0 Å². The molecular formula is C17H18FN5O4. The van der Waals surface area contributed by atoms with E-state index < -0.39 is 23.0 Å². The van der Waals surface area contributed by atoms with Crippen LogP contribution in [0.1, 0.15) is 16.8 Å². The number of nitrogens with one attached hydrogen (secondary N) is 2. The SMILES string of the molecule is Cn1c(=O)c2[nH]c(NCCCOC(=O)c3ccccc3F)nc2n(C)c1=O. The van der Waals surface area contributed by atoms with E-state index in [1.807, 2.05) is 0 Å². The van der Waals surface area contributed by atoms with Gasteiger partial charge in [-0.3, -0.25) is 13.9 Å². The van der Waals surface area contributed by atoms with Gasteiger partial charge < -0.3 is 15.0 Å². The minimum atomic E-state index is -0.727. The number of rotatable bonds is 6. The molecule has 2 heterocycles. The monoisotopic (exact) mass is 375 g/mol. The molecule has 0 aliphatic rings. The fraction of sp³-hybridized carbons (Fsp3) is 0.294. The van der Waals surface area contributed by atoms with Crippen LogP contribution in [0.5, 0.6) is 0 Å². The van der Waals surface area contributed by atoms with E-state index in [-0.39, 0.29) is 23.3 Å². The summed E-state index contributed by atoms with van der Waals surface area (Å²) in [7, 11) is 2.92. The summed E-state index contributed by atoms with van der Waals surface area (Å²) in [4.78, 5) is 42.8. The highest BCUT2D eigenvalue weighted by atomic mass is 19.1. The zero-order chi connectivity index (χ0) is 19.6. The largest absolute Gasteiger partial charge is 0.462 e. The molecule has 3 aromatic rings. The van der Waals surface area contributed by atoms with Crippen LogP contribution < -0.4 is 16.6 Å². The van der Waals surface area contributed by atoms with Gasteiger partial charge in [0.1, 0.15) is 5.82 Å². The molecule has 0 spiro atoms. The molecule has 0 atom stereocenters. The molecule has 0 saturated heterocycles. The Balaban J connectivity index is 1.57. The third-order valence-corrected chi connectivity index (χ3v) is 4.04. The zero-order valence-corrected chi connectivity index (χ0v) is 14.8. The fourth-order valence-electron chi connectivity index (χ4n) is 2.56. The number of aryl methyl sites for hydroxylation is 1. The summed E-state index contributed by atoms with van der Waals surface area (Å²) in [6, 6.07) is 5.60. The summed E-state index contributed by atoms with van der Waals surface area (Å²) in [6.07, 6.45) is 0.439. The van der Waals surface area contributed by atoms with Crippen molar-refractivity contribution in [3.63, 3.8) is 0 Å². The number of carbonyl (C=O) groups excluding carboxylic acids is 1. The first kappa shape index (κ1) is 18.4. The minimum absolute atomic E-state index is 0.0840. The summed E-state index contributed by atoms with van der Waals surface area (Å²) in [6.45, 7) is 0.472. The van der Waals surface area contributed by atoms with Crippen LogP contribution in [0, 0.1) is 5.82 Å². The molecule has 0 unspecified atom stereocenters. The average Bonchev–Trinajstić information content (AvgIpc) is 3.09. The predicted molar refractivity (Wildman–Crippen MR) is 96.4 cm³/mol. The van der Waals surface area contributed by atoms with Crippen molar-refractivity contribution in [1.29, 1.82) is 0 Å². The van der Waals surface area contributed by atoms with Crippen LogP contribution in [0.3, 0.4) is 0 Å². The van der Waals surface area contributed by atoms with Gasteiger partial charge >= 0.3 is 11.7 Å². The molecule has 0 amide bonds. The molecule has 3 rings (SSSR count). The van der Waals surface area contributed by atoms with Crippen molar-refractivity contribution < 1.29 is 13.9 Å². The first-order valence-electron chi connectivity index (χ1n) is 8.21. The number of ether oxygens (including phenoxy) is 1. The molecule has 2 N–H and O–H groups in total. The summed E-state index contributed by atoms with van der Waals surface area (Å²) >= 11 is 0. The van der Waals surface area contributed by atoms with Crippen molar-refractivity contribution in [1.82, 2.24) is 19.1 Å². The standard InChI is InChI=1S/C17H18FN5O4/c1-22-13-12(14(24)23(2)17(22)26)20-16(21-13)19-8-5-9-27-15(25)10-6-3-4-7-11(10)18/h3-4,6-7H,5,8-9H2,1-2H3,(H2,19,20,21). The van der Waals surface area contributed by atoms with Crippen LogP contribution >= 0.6 is 0 Å². The van der Waals surface area contributed by atoms with Crippen LogP contribution in [0.2, 0.25) is 0 Å². The number of anilines is 1. The van der Waals surface area contributed by atoms with Crippen LogP contribution in [0.4, 0.5) is 10.3 Å². The Kier molecular flexibility index (Phi) is 5.06. The highest BCUT2D eigenvalue weighted by Crippen LogP contribution is 2.09. The van der Waals surface area contributed by atoms with Gasteiger partial charge in [-0.05, 0) is 18.6 Å². The summed E-state index contributed by atoms with van der Waals surface area (Å²) in [5, 5.41) is 2.96. The van der Waals surface area contributed by atoms with Gasteiger partial charge in [-0.2, -0.15) is 4.98 Å². The lowest BCUT2D eigenvalue weighted by Gasteiger charge is -2.06. The van der Waals surface area contributed by atoms with E-state index in [2.05, 4.69) is 15.3 Å². The Hall–Kier alpha value is -3.43. The average molecular weight is 375 g/mol. The van der Waals surface area contributed by atoms with E-state index in [1.54, 1.807) is 6.07 Å². The third kappa shape index (κ3) is 3.59. The van der Waals surface area contributed by atoms with Gasteiger partial charge in [0.05, 0.1) is 12.2 Å². The number of benzene rings is 1. The van der Waals surface area contributed by atoms with E-state index >= 15 is 0 Å². The second kappa shape index (κ2) is 7.44. The molecule has 1 aromatic carbocycles. The molecular weight excluding hydrogens is 357 g/mol. The maximum Gasteiger partial charge on any atom is 0.341 e. The van der Waals surface area contributed by atoms with Crippen LogP contribution in [-0.4, -0.2) is 38.2 Å². The molecule has 0 aliphatic heterocycles. The number of aromatic amines is 1. The second-order valence-electron chi connectivity index (χ2n) is 5.89. The number of imidazole rings is 1. The number of halogens is 1. The first-order chi connectivity index (χ1) is 12.9. The lowest BCUT2D eigenvalue weighted by atomic mass is 10.2. The quantitative estimate of drug-likeness (QED) is 0.486. The first-order valence-corrected chi connectivity index (χ1v) is 8.21. The minimum Gasteiger partial charge on any atom is -0.462 e. The lowest BCUT2D eigenvalue weighted by molar-refractivity contribution is 0.0498. The molecule has 0 bridgehead atoms. The number of hydrogen-bond donors (Lipinski definition) is 2. The van der Waals surface area contributed by atoms with E-state index in [1.165, 1.54) is 36.9 Å². The smallest absolute Gasteiger partial charge is 0.341 e. The van der Waals surface area contributed by atoms with Gasteiger partial charge in [0, 0.05) is 20.6 Å². The normalized spacial score (nSPS) is 10.9. The van der Waals surface area contributed by atoms with Crippen molar-refractivity contribution in [2.24, 2.45) is 14.1 Å².